The zero-order valence-electron chi connectivity index (χ0n) is 14.7. The van der Waals surface area contributed by atoms with Crippen molar-refractivity contribution in [1.82, 2.24) is 0 Å². The van der Waals surface area contributed by atoms with Crippen molar-refractivity contribution < 1.29 is 18.8 Å². The molecule has 1 aromatic rings. The van der Waals surface area contributed by atoms with Crippen LogP contribution in [0.1, 0.15) is 59.3 Å². The third-order valence-electron chi connectivity index (χ3n) is 3.35. The van der Waals surface area contributed by atoms with E-state index >= 15 is 0 Å². The second kappa shape index (κ2) is 10.6. The standard InChI is InChI=1S/C18H23ClFNO3S/c1-4-7-16(22)21(17(23)8-5-2)14-11-15(12(19)10-13(14)20)25-18(24)9-6-3/h10-11H,4-9H2,1-3H3. The zero-order chi connectivity index (χ0) is 19.0. The van der Waals surface area contributed by atoms with Crippen LogP contribution in [0.2, 0.25) is 5.02 Å². The first-order valence-corrected chi connectivity index (χ1v) is 9.60. The van der Waals surface area contributed by atoms with Gasteiger partial charge in [-0.25, -0.2) is 9.29 Å². The minimum Gasteiger partial charge on any atom is -0.287 e. The Kier molecular flexibility index (Phi) is 9.14. The molecule has 1 aromatic carbocycles. The predicted octanol–water partition coefficient (Wildman–Crippen LogP) is 5.36. The van der Waals surface area contributed by atoms with E-state index in [-0.39, 0.29) is 28.7 Å². The topological polar surface area (TPSA) is 54.5 Å². The van der Waals surface area contributed by atoms with Crippen molar-refractivity contribution in [2.75, 3.05) is 4.90 Å². The smallest absolute Gasteiger partial charge is 0.233 e. The summed E-state index contributed by atoms with van der Waals surface area (Å²) in [5.41, 5.74) is -0.145. The third-order valence-corrected chi connectivity index (χ3v) is 4.76. The van der Waals surface area contributed by atoms with Crippen LogP contribution in [0.3, 0.4) is 0 Å². The van der Waals surface area contributed by atoms with Crippen LogP contribution >= 0.6 is 23.4 Å². The number of benzene rings is 1. The number of thioether (sulfide) groups is 1. The first kappa shape index (κ1) is 21.6. The minimum absolute atomic E-state index is 0.0848. The normalized spacial score (nSPS) is 10.6. The molecule has 0 N–H and O–H groups in total. The molecular weight excluding hydrogens is 365 g/mol. The van der Waals surface area contributed by atoms with Gasteiger partial charge in [0.2, 0.25) is 11.8 Å². The summed E-state index contributed by atoms with van der Waals surface area (Å²) in [6.07, 6.45) is 2.40. The maximum absolute atomic E-state index is 14.4. The Morgan fingerprint density at radius 3 is 2.00 bits per heavy atom. The van der Waals surface area contributed by atoms with Crippen molar-refractivity contribution in [1.29, 1.82) is 0 Å². The fourth-order valence-electron chi connectivity index (χ4n) is 2.20. The van der Waals surface area contributed by atoms with E-state index < -0.39 is 17.6 Å². The average Bonchev–Trinajstić information content (AvgIpc) is 2.52. The van der Waals surface area contributed by atoms with Gasteiger partial charge in [-0.2, -0.15) is 0 Å². The Morgan fingerprint density at radius 1 is 1.00 bits per heavy atom. The van der Waals surface area contributed by atoms with Crippen LogP contribution in [-0.4, -0.2) is 16.9 Å². The van der Waals surface area contributed by atoms with Gasteiger partial charge in [-0.1, -0.05) is 44.1 Å². The van der Waals surface area contributed by atoms with E-state index in [9.17, 15) is 18.8 Å². The van der Waals surface area contributed by atoms with E-state index in [1.165, 1.54) is 6.07 Å². The molecule has 0 spiro atoms. The summed E-state index contributed by atoms with van der Waals surface area (Å²) in [4.78, 5) is 37.8. The van der Waals surface area contributed by atoms with E-state index in [2.05, 4.69) is 0 Å². The van der Waals surface area contributed by atoms with Gasteiger partial charge in [0, 0.05) is 24.2 Å². The molecule has 0 aromatic heterocycles. The van der Waals surface area contributed by atoms with E-state index in [4.69, 9.17) is 11.6 Å². The Labute approximate surface area is 157 Å². The van der Waals surface area contributed by atoms with Crippen LogP contribution in [0.25, 0.3) is 0 Å². The SMILES string of the molecule is CCCC(=O)Sc1cc(N(C(=O)CCC)C(=O)CCC)c(F)cc1Cl. The first-order chi connectivity index (χ1) is 11.8. The summed E-state index contributed by atoms with van der Waals surface area (Å²) >= 11 is 6.93. The lowest BCUT2D eigenvalue weighted by Gasteiger charge is -2.22. The highest BCUT2D eigenvalue weighted by Crippen LogP contribution is 2.35. The molecule has 4 nitrogen and oxygen atoms in total. The lowest BCUT2D eigenvalue weighted by Crippen LogP contribution is -2.37. The number of imide groups is 1. The molecule has 0 bridgehead atoms. The Hall–Kier alpha value is -1.40. The summed E-state index contributed by atoms with van der Waals surface area (Å²) < 4.78 is 14.4. The highest BCUT2D eigenvalue weighted by molar-refractivity contribution is 8.13. The lowest BCUT2D eigenvalue weighted by molar-refractivity contribution is -0.126. The van der Waals surface area contributed by atoms with Gasteiger partial charge < -0.3 is 0 Å². The molecule has 0 aliphatic heterocycles. The molecule has 0 saturated heterocycles. The van der Waals surface area contributed by atoms with E-state index in [1.54, 1.807) is 0 Å². The first-order valence-electron chi connectivity index (χ1n) is 8.41. The predicted molar refractivity (Wildman–Crippen MR) is 99.5 cm³/mol. The van der Waals surface area contributed by atoms with Crippen LogP contribution in [0.4, 0.5) is 10.1 Å². The van der Waals surface area contributed by atoms with E-state index in [0.717, 1.165) is 22.7 Å². The molecule has 0 radical (unpaired) electrons. The summed E-state index contributed by atoms with van der Waals surface area (Å²) in [6.45, 7) is 5.50. The van der Waals surface area contributed by atoms with Crippen LogP contribution in [0.5, 0.6) is 0 Å². The molecule has 0 unspecified atom stereocenters. The Morgan fingerprint density at radius 2 is 1.52 bits per heavy atom. The number of nitrogens with zero attached hydrogens (tertiary/aromatic N) is 1. The second-order valence-corrected chi connectivity index (χ2v) is 7.09. The molecule has 2 amide bonds. The number of halogens is 2. The van der Waals surface area contributed by atoms with Crippen molar-refractivity contribution >= 4 is 46.0 Å². The number of anilines is 1. The number of carbonyl (C=O) groups excluding carboxylic acids is 3. The van der Waals surface area contributed by atoms with Gasteiger partial charge in [-0.3, -0.25) is 14.4 Å². The second-order valence-electron chi connectivity index (χ2n) is 5.58. The molecule has 0 aliphatic rings. The zero-order valence-corrected chi connectivity index (χ0v) is 16.3. The molecule has 7 heteroatoms. The molecule has 138 valence electrons. The van der Waals surface area contributed by atoms with Gasteiger partial charge in [-0.15, -0.1) is 0 Å². The summed E-state index contributed by atoms with van der Waals surface area (Å²) in [5.74, 6) is -1.68. The Bertz CT molecular complexity index is 633. The van der Waals surface area contributed by atoms with Crippen molar-refractivity contribution in [3.8, 4) is 0 Å². The van der Waals surface area contributed by atoms with E-state index in [1.807, 2.05) is 20.8 Å². The lowest BCUT2D eigenvalue weighted by atomic mass is 10.2. The quantitative estimate of drug-likeness (QED) is 0.563. The molecular formula is C18H23ClFNO3S. The number of hydrogen-bond donors (Lipinski definition) is 0. The molecule has 0 atom stereocenters. The highest BCUT2D eigenvalue weighted by Gasteiger charge is 2.26. The maximum Gasteiger partial charge on any atom is 0.233 e. The summed E-state index contributed by atoms with van der Waals surface area (Å²) in [7, 11) is 0. The summed E-state index contributed by atoms with van der Waals surface area (Å²) in [5, 5.41) is -0.0187. The summed E-state index contributed by atoms with van der Waals surface area (Å²) in [6, 6.07) is 2.36. The molecule has 0 saturated carbocycles. The van der Waals surface area contributed by atoms with Gasteiger partial charge in [0.25, 0.3) is 0 Å². The van der Waals surface area contributed by atoms with Crippen molar-refractivity contribution in [2.24, 2.45) is 0 Å². The van der Waals surface area contributed by atoms with Crippen molar-refractivity contribution in [3.05, 3.63) is 23.0 Å². The molecule has 0 heterocycles. The third kappa shape index (κ3) is 6.12. The van der Waals surface area contributed by atoms with Crippen LogP contribution in [-0.2, 0) is 14.4 Å². The fourth-order valence-corrected chi connectivity index (χ4v) is 3.35. The molecule has 0 fully saturated rings. The largest absolute Gasteiger partial charge is 0.287 e. The van der Waals surface area contributed by atoms with Crippen molar-refractivity contribution in [3.63, 3.8) is 0 Å². The molecule has 0 aliphatic carbocycles. The van der Waals surface area contributed by atoms with Gasteiger partial charge in [0.05, 0.1) is 10.7 Å². The van der Waals surface area contributed by atoms with Crippen LogP contribution in [0.15, 0.2) is 17.0 Å². The number of rotatable bonds is 8. The number of carbonyl (C=O) groups is 3. The van der Waals surface area contributed by atoms with E-state index in [0.29, 0.717) is 30.6 Å². The Balaban J connectivity index is 3.30. The van der Waals surface area contributed by atoms with Gasteiger partial charge in [-0.05, 0) is 31.4 Å². The number of amides is 2. The molecule has 1 rings (SSSR count). The van der Waals surface area contributed by atoms with Crippen LogP contribution in [0, 0.1) is 5.82 Å². The monoisotopic (exact) mass is 387 g/mol. The van der Waals surface area contributed by atoms with Crippen LogP contribution < -0.4 is 4.90 Å². The maximum atomic E-state index is 14.4. The van der Waals surface area contributed by atoms with Gasteiger partial charge >= 0.3 is 0 Å². The van der Waals surface area contributed by atoms with Gasteiger partial charge in [0.1, 0.15) is 5.82 Å². The van der Waals surface area contributed by atoms with Gasteiger partial charge in [0.15, 0.2) is 5.12 Å². The molecule has 25 heavy (non-hydrogen) atoms. The minimum atomic E-state index is -0.758. The average molecular weight is 388 g/mol. The van der Waals surface area contributed by atoms with Crippen molar-refractivity contribution in [2.45, 2.75) is 64.2 Å². The highest BCUT2D eigenvalue weighted by atomic mass is 35.5. The number of hydrogen-bond acceptors (Lipinski definition) is 4. The fraction of sp³-hybridized carbons (Fsp3) is 0.500.